The van der Waals surface area contributed by atoms with Gasteiger partial charge in [0.05, 0.1) is 26.2 Å². The van der Waals surface area contributed by atoms with Crippen molar-refractivity contribution in [2.24, 2.45) is 0 Å². The summed E-state index contributed by atoms with van der Waals surface area (Å²) in [6.45, 7) is 7.11. The fraction of sp³-hybridized carbons (Fsp3) is 0.619. The summed E-state index contributed by atoms with van der Waals surface area (Å²) in [6.07, 6.45) is 4.81. The van der Waals surface area contributed by atoms with Crippen LogP contribution >= 0.6 is 12.2 Å². The van der Waals surface area contributed by atoms with Crippen molar-refractivity contribution in [3.05, 3.63) is 23.8 Å². The first-order valence-electron chi connectivity index (χ1n) is 10.7. The largest absolute Gasteiger partial charge is 0.454 e. The Morgan fingerprint density at radius 2 is 1.72 bits per heavy atom. The topological polar surface area (TPSA) is 58.5 Å². The fourth-order valence-electron chi connectivity index (χ4n) is 4.19. The van der Waals surface area contributed by atoms with Crippen molar-refractivity contribution in [1.82, 2.24) is 15.1 Å². The van der Waals surface area contributed by atoms with Gasteiger partial charge in [-0.2, -0.15) is 0 Å². The number of benzene rings is 1. The molecule has 158 valence electrons. The number of nitrogens with zero attached hydrogens (tertiary/aromatic N) is 2. The van der Waals surface area contributed by atoms with Crippen LogP contribution in [0.3, 0.4) is 0 Å². The van der Waals surface area contributed by atoms with Gasteiger partial charge in [0.2, 0.25) is 6.79 Å². The molecule has 29 heavy (non-hydrogen) atoms. The predicted octanol–water partition coefficient (Wildman–Crippen LogP) is 0.393. The van der Waals surface area contributed by atoms with Gasteiger partial charge in [-0.15, -0.1) is 0 Å². The van der Waals surface area contributed by atoms with Crippen LogP contribution in [0.15, 0.2) is 18.2 Å². The number of fused-ring (bicyclic) bond motifs is 1. The number of ether oxygens (including phenoxy) is 2. The third kappa shape index (κ3) is 5.30. The molecule has 0 atom stereocenters. The van der Waals surface area contributed by atoms with Crippen LogP contribution in [0, 0.1) is 0 Å². The van der Waals surface area contributed by atoms with E-state index in [0.29, 0.717) is 19.0 Å². The smallest absolute Gasteiger partial charge is 0.277 e. The number of carbonyl (C=O) groups is 1. The normalized spacial score (nSPS) is 19.7. The Morgan fingerprint density at radius 3 is 2.48 bits per heavy atom. The van der Waals surface area contributed by atoms with Gasteiger partial charge < -0.3 is 29.5 Å². The number of piperazine rings is 1. The van der Waals surface area contributed by atoms with E-state index in [9.17, 15) is 4.79 Å². The van der Waals surface area contributed by atoms with Crippen LogP contribution in [0.25, 0.3) is 0 Å². The summed E-state index contributed by atoms with van der Waals surface area (Å²) >= 11 is 5.59. The van der Waals surface area contributed by atoms with Crippen LogP contribution in [0.1, 0.15) is 31.2 Å². The standard InChI is InChI=1S/C21H30N4O3S/c26-20(24-7-3-1-2-4-8-24)15-23-9-11-25(12-10-23)21(29)22-14-17-5-6-18-19(13-17)28-16-27-18/h5-6,13H,1-4,7-12,14-16H2,(H,22,29)/p+1. The molecular weight excluding hydrogens is 388 g/mol. The summed E-state index contributed by atoms with van der Waals surface area (Å²) < 4.78 is 10.8. The highest BCUT2D eigenvalue weighted by molar-refractivity contribution is 7.80. The van der Waals surface area contributed by atoms with E-state index in [1.54, 1.807) is 0 Å². The second kappa shape index (κ2) is 9.63. The number of quaternary nitrogens is 1. The van der Waals surface area contributed by atoms with E-state index in [1.165, 1.54) is 17.7 Å². The van der Waals surface area contributed by atoms with Gasteiger partial charge in [0, 0.05) is 19.6 Å². The first kappa shape index (κ1) is 20.2. The molecule has 0 bridgehead atoms. The molecule has 1 aromatic rings. The number of nitrogens with one attached hydrogen (secondary N) is 2. The first-order chi connectivity index (χ1) is 14.2. The van der Waals surface area contributed by atoms with Crippen molar-refractivity contribution in [1.29, 1.82) is 0 Å². The Hall–Kier alpha value is -2.06. The van der Waals surface area contributed by atoms with Gasteiger partial charge in [-0.25, -0.2) is 0 Å². The molecule has 0 saturated carbocycles. The maximum Gasteiger partial charge on any atom is 0.277 e. The average molecular weight is 420 g/mol. The van der Waals surface area contributed by atoms with Crippen molar-refractivity contribution in [3.8, 4) is 11.5 Å². The molecule has 0 aliphatic carbocycles. The van der Waals surface area contributed by atoms with E-state index < -0.39 is 0 Å². The Kier molecular flexibility index (Phi) is 6.71. The molecule has 2 fully saturated rings. The third-order valence-corrected chi connectivity index (χ3v) is 6.40. The molecule has 0 radical (unpaired) electrons. The molecule has 3 aliphatic rings. The monoisotopic (exact) mass is 419 g/mol. The number of rotatable bonds is 4. The lowest BCUT2D eigenvalue weighted by Crippen LogP contribution is -3.15. The van der Waals surface area contributed by atoms with Gasteiger partial charge >= 0.3 is 0 Å². The molecular formula is C21H31N4O3S+. The number of hydrogen-bond donors (Lipinski definition) is 2. The first-order valence-corrected chi connectivity index (χ1v) is 11.1. The van der Waals surface area contributed by atoms with E-state index in [4.69, 9.17) is 21.7 Å². The van der Waals surface area contributed by atoms with Crippen LogP contribution in [0.4, 0.5) is 0 Å². The summed E-state index contributed by atoms with van der Waals surface area (Å²) in [7, 11) is 0. The summed E-state index contributed by atoms with van der Waals surface area (Å²) in [5, 5.41) is 4.13. The number of likely N-dealkylation sites (tertiary alicyclic amines) is 1. The Morgan fingerprint density at radius 1 is 1.00 bits per heavy atom. The number of thiocarbonyl (C=S) groups is 1. The van der Waals surface area contributed by atoms with E-state index in [1.807, 2.05) is 18.2 Å². The predicted molar refractivity (Wildman–Crippen MR) is 114 cm³/mol. The lowest BCUT2D eigenvalue weighted by molar-refractivity contribution is -0.896. The molecule has 2 saturated heterocycles. The van der Waals surface area contributed by atoms with Crippen LogP contribution < -0.4 is 19.7 Å². The molecule has 0 aromatic heterocycles. The summed E-state index contributed by atoms with van der Waals surface area (Å²) in [4.78, 5) is 18.3. The number of hydrogen-bond acceptors (Lipinski definition) is 4. The lowest BCUT2D eigenvalue weighted by Gasteiger charge is -2.34. The number of amides is 1. The second-order valence-corrected chi connectivity index (χ2v) is 8.44. The van der Waals surface area contributed by atoms with Crippen LogP contribution in [-0.2, 0) is 11.3 Å². The van der Waals surface area contributed by atoms with Gasteiger partial charge in [0.1, 0.15) is 0 Å². The Bertz CT molecular complexity index is 729. The summed E-state index contributed by atoms with van der Waals surface area (Å²) in [5.41, 5.74) is 1.11. The van der Waals surface area contributed by atoms with Gasteiger partial charge in [-0.3, -0.25) is 4.79 Å². The quantitative estimate of drug-likeness (QED) is 0.689. The Labute approximate surface area is 177 Å². The van der Waals surface area contributed by atoms with Crippen LogP contribution in [0.5, 0.6) is 11.5 Å². The minimum atomic E-state index is 0.289. The molecule has 4 rings (SSSR count). The number of carbonyl (C=O) groups excluding carboxylic acids is 1. The molecule has 3 heterocycles. The molecule has 8 heteroatoms. The van der Waals surface area contributed by atoms with Gasteiger partial charge in [0.15, 0.2) is 23.2 Å². The van der Waals surface area contributed by atoms with Crippen molar-refractivity contribution in [2.45, 2.75) is 32.2 Å². The molecule has 1 aromatic carbocycles. The van der Waals surface area contributed by atoms with Crippen molar-refractivity contribution >= 4 is 23.2 Å². The molecule has 0 unspecified atom stereocenters. The van der Waals surface area contributed by atoms with Gasteiger partial charge in [-0.1, -0.05) is 18.9 Å². The van der Waals surface area contributed by atoms with E-state index in [0.717, 1.165) is 74.3 Å². The zero-order valence-corrected chi connectivity index (χ0v) is 17.8. The maximum absolute atomic E-state index is 12.6. The minimum absolute atomic E-state index is 0.289. The minimum Gasteiger partial charge on any atom is -0.454 e. The highest BCUT2D eigenvalue weighted by atomic mass is 32.1. The van der Waals surface area contributed by atoms with Crippen LogP contribution in [0.2, 0.25) is 0 Å². The molecule has 2 N–H and O–H groups in total. The lowest BCUT2D eigenvalue weighted by atomic mass is 10.2. The average Bonchev–Trinajstić information content (AvgIpc) is 3.03. The maximum atomic E-state index is 12.6. The highest BCUT2D eigenvalue weighted by Gasteiger charge is 2.26. The zero-order chi connectivity index (χ0) is 20.1. The van der Waals surface area contributed by atoms with Crippen molar-refractivity contribution in [3.63, 3.8) is 0 Å². The fourth-order valence-corrected chi connectivity index (χ4v) is 4.44. The van der Waals surface area contributed by atoms with E-state index in [2.05, 4.69) is 15.1 Å². The highest BCUT2D eigenvalue weighted by Crippen LogP contribution is 2.32. The second-order valence-electron chi connectivity index (χ2n) is 8.06. The van der Waals surface area contributed by atoms with Gasteiger partial charge in [0.25, 0.3) is 5.91 Å². The zero-order valence-electron chi connectivity index (χ0n) is 17.0. The van der Waals surface area contributed by atoms with Crippen molar-refractivity contribution < 1.29 is 19.2 Å². The van der Waals surface area contributed by atoms with Crippen molar-refractivity contribution in [2.75, 3.05) is 52.6 Å². The molecule has 0 spiro atoms. The van der Waals surface area contributed by atoms with E-state index in [-0.39, 0.29) is 6.79 Å². The Balaban J connectivity index is 1.19. The third-order valence-electron chi connectivity index (χ3n) is 6.00. The summed E-state index contributed by atoms with van der Waals surface area (Å²) in [5.74, 6) is 1.91. The molecule has 3 aliphatic heterocycles. The molecule has 1 amide bonds. The van der Waals surface area contributed by atoms with Crippen LogP contribution in [-0.4, -0.2) is 73.4 Å². The summed E-state index contributed by atoms with van der Waals surface area (Å²) in [6, 6.07) is 5.96. The van der Waals surface area contributed by atoms with Gasteiger partial charge in [-0.05, 0) is 42.8 Å². The SMILES string of the molecule is O=C(C[NH+]1CCN(C(=S)NCc2ccc3c(c2)OCO3)CC1)N1CCCCCC1. The van der Waals surface area contributed by atoms with E-state index >= 15 is 0 Å². The molecule has 7 nitrogen and oxygen atoms in total.